The van der Waals surface area contributed by atoms with Crippen LogP contribution < -0.4 is 4.72 Å². The number of rotatable bonds is 12. The number of hydrogen-bond donors (Lipinski definition) is 1. The van der Waals surface area contributed by atoms with Crippen LogP contribution in [0.4, 0.5) is 13.2 Å². The van der Waals surface area contributed by atoms with Gasteiger partial charge in [-0.05, 0) is 62.1 Å². The summed E-state index contributed by atoms with van der Waals surface area (Å²) in [5, 5.41) is 0.390. The van der Waals surface area contributed by atoms with E-state index < -0.39 is 28.2 Å². The van der Waals surface area contributed by atoms with Crippen LogP contribution in [0.3, 0.4) is 0 Å². The number of benzene rings is 1. The number of halogens is 4. The van der Waals surface area contributed by atoms with Gasteiger partial charge in [0.1, 0.15) is 0 Å². The zero-order chi connectivity index (χ0) is 24.6. The number of hydrogen-bond acceptors (Lipinski definition) is 5. The second-order valence-corrected chi connectivity index (χ2v) is 11.1. The molecule has 33 heavy (non-hydrogen) atoms. The van der Waals surface area contributed by atoms with Crippen molar-refractivity contribution in [3.8, 4) is 0 Å². The Hall–Kier alpha value is -1.62. The molecule has 0 radical (unpaired) electrons. The Morgan fingerprint density at radius 1 is 1.12 bits per heavy atom. The smallest absolute Gasteiger partial charge is 0.391 e. The van der Waals surface area contributed by atoms with Gasteiger partial charge in [-0.25, -0.2) is 13.1 Å². The number of alkyl halides is 3. The third-order valence-electron chi connectivity index (χ3n) is 5.17. The lowest BCUT2D eigenvalue weighted by Gasteiger charge is -2.20. The second-order valence-electron chi connectivity index (χ2n) is 7.74. The van der Waals surface area contributed by atoms with Crippen LogP contribution in [-0.2, 0) is 26.0 Å². The van der Waals surface area contributed by atoms with Crippen LogP contribution in [0.25, 0.3) is 0 Å². The Morgan fingerprint density at radius 3 is 2.39 bits per heavy atom. The van der Waals surface area contributed by atoms with E-state index >= 15 is 0 Å². The average Bonchev–Trinajstić information content (AvgIpc) is 3.21. The van der Waals surface area contributed by atoms with Crippen molar-refractivity contribution < 1.29 is 31.1 Å². The van der Waals surface area contributed by atoms with E-state index in [1.165, 1.54) is 42.7 Å². The number of nitrogens with one attached hydrogen (secondary N) is 1. The highest BCUT2D eigenvalue weighted by molar-refractivity contribution is 7.89. The highest BCUT2D eigenvalue weighted by Gasteiger charge is 2.35. The van der Waals surface area contributed by atoms with E-state index in [0.29, 0.717) is 22.7 Å². The third kappa shape index (κ3) is 8.92. The van der Waals surface area contributed by atoms with Crippen LogP contribution in [0.2, 0.25) is 5.02 Å². The van der Waals surface area contributed by atoms with Crippen molar-refractivity contribution >= 4 is 38.9 Å². The SMILES string of the molecule is COC(=O)CCCc1ccc(C(CCCC(C)C(F)(F)F)NS(=O)(=O)c2ccc(Cl)cc2)s1. The fourth-order valence-corrected chi connectivity index (χ4v) is 5.74. The van der Waals surface area contributed by atoms with Crippen LogP contribution in [0.1, 0.15) is 54.8 Å². The molecule has 0 saturated heterocycles. The molecule has 1 aromatic heterocycles. The Morgan fingerprint density at radius 2 is 1.79 bits per heavy atom. The van der Waals surface area contributed by atoms with Crippen molar-refractivity contribution in [1.29, 1.82) is 0 Å². The van der Waals surface area contributed by atoms with Gasteiger partial charge in [-0.3, -0.25) is 4.79 Å². The zero-order valence-corrected chi connectivity index (χ0v) is 20.7. The monoisotopic (exact) mass is 525 g/mol. The molecule has 0 spiro atoms. The summed E-state index contributed by atoms with van der Waals surface area (Å²) in [7, 11) is -2.59. The Labute approximate surface area is 201 Å². The number of thiophene rings is 1. The van der Waals surface area contributed by atoms with E-state index in [-0.39, 0.29) is 36.5 Å². The standard InChI is InChI=1S/C22H27ClF3NO4S2/c1-15(22(24,25)26)5-3-7-19(27-33(29,30)18-12-9-16(23)10-13-18)20-14-11-17(32-20)6-4-8-21(28)31-2/h9-15,19,27H,3-8H2,1-2H3. The lowest BCUT2D eigenvalue weighted by atomic mass is 10.0. The van der Waals surface area contributed by atoms with Gasteiger partial charge in [0.2, 0.25) is 10.0 Å². The number of esters is 1. The summed E-state index contributed by atoms with van der Waals surface area (Å²) in [6.07, 6.45) is -2.50. The fourth-order valence-electron chi connectivity index (χ4n) is 3.15. The van der Waals surface area contributed by atoms with E-state index in [9.17, 15) is 26.4 Å². The fraction of sp³-hybridized carbons (Fsp3) is 0.500. The van der Waals surface area contributed by atoms with Crippen molar-refractivity contribution in [3.63, 3.8) is 0 Å². The zero-order valence-electron chi connectivity index (χ0n) is 18.3. The normalized spacial score (nSPS) is 14.1. The molecule has 2 aromatic rings. The Balaban J connectivity index is 2.15. The molecule has 0 saturated carbocycles. The molecular formula is C22H27ClF3NO4S2. The maximum Gasteiger partial charge on any atom is 0.391 e. The third-order valence-corrected chi connectivity index (χ3v) is 8.17. The maximum atomic E-state index is 12.9. The highest BCUT2D eigenvalue weighted by atomic mass is 35.5. The maximum absolute atomic E-state index is 12.9. The minimum Gasteiger partial charge on any atom is -0.469 e. The summed E-state index contributed by atoms with van der Waals surface area (Å²) < 4.78 is 71.7. The van der Waals surface area contributed by atoms with Gasteiger partial charge in [0.25, 0.3) is 0 Å². The first kappa shape index (κ1) is 27.6. The molecule has 0 aliphatic rings. The summed E-state index contributed by atoms with van der Waals surface area (Å²) in [6, 6.07) is 8.62. The van der Waals surface area contributed by atoms with Crippen LogP contribution in [0.15, 0.2) is 41.3 Å². The minimum atomic E-state index is -4.28. The summed E-state index contributed by atoms with van der Waals surface area (Å²) in [6.45, 7) is 1.12. The van der Waals surface area contributed by atoms with E-state index in [2.05, 4.69) is 9.46 Å². The number of sulfonamides is 1. The Kier molecular flexibility index (Phi) is 10.2. The molecular weight excluding hydrogens is 499 g/mol. The predicted octanol–water partition coefficient (Wildman–Crippen LogP) is 6.29. The number of aryl methyl sites for hydroxylation is 1. The predicted molar refractivity (Wildman–Crippen MR) is 123 cm³/mol. The van der Waals surface area contributed by atoms with E-state index in [4.69, 9.17) is 11.6 Å². The molecule has 1 aromatic carbocycles. The molecule has 0 amide bonds. The van der Waals surface area contributed by atoms with Crippen LogP contribution in [0.5, 0.6) is 0 Å². The highest BCUT2D eigenvalue weighted by Crippen LogP contribution is 2.33. The van der Waals surface area contributed by atoms with Gasteiger partial charge in [-0.1, -0.05) is 24.9 Å². The van der Waals surface area contributed by atoms with Gasteiger partial charge in [0, 0.05) is 21.2 Å². The van der Waals surface area contributed by atoms with Gasteiger partial charge >= 0.3 is 12.1 Å². The minimum absolute atomic E-state index is 0.0235. The first-order valence-corrected chi connectivity index (χ1v) is 13.1. The van der Waals surface area contributed by atoms with Crippen molar-refractivity contribution in [1.82, 2.24) is 4.72 Å². The lowest BCUT2D eigenvalue weighted by molar-refractivity contribution is -0.171. The molecule has 1 heterocycles. The second kappa shape index (κ2) is 12.2. The molecule has 2 unspecified atom stereocenters. The molecule has 0 aliphatic carbocycles. The van der Waals surface area contributed by atoms with Gasteiger partial charge in [-0.15, -0.1) is 11.3 Å². The van der Waals surface area contributed by atoms with Gasteiger partial charge in [0.05, 0.1) is 24.0 Å². The number of ether oxygens (including phenoxy) is 1. The first-order valence-electron chi connectivity index (χ1n) is 10.4. The van der Waals surface area contributed by atoms with Gasteiger partial charge < -0.3 is 4.74 Å². The van der Waals surface area contributed by atoms with Crippen molar-refractivity contribution in [3.05, 3.63) is 51.2 Å². The number of carbonyl (C=O) groups is 1. The molecule has 0 fully saturated rings. The van der Waals surface area contributed by atoms with Gasteiger partial charge in [-0.2, -0.15) is 13.2 Å². The number of methoxy groups -OCH3 is 1. The number of carbonyl (C=O) groups excluding carboxylic acids is 1. The topological polar surface area (TPSA) is 72.5 Å². The molecule has 1 N–H and O–H groups in total. The van der Waals surface area contributed by atoms with Crippen LogP contribution in [-0.4, -0.2) is 27.7 Å². The van der Waals surface area contributed by atoms with E-state index in [0.717, 1.165) is 11.8 Å². The largest absolute Gasteiger partial charge is 0.469 e. The molecule has 0 aliphatic heterocycles. The van der Waals surface area contributed by atoms with Crippen molar-refractivity contribution in [2.45, 2.75) is 62.6 Å². The van der Waals surface area contributed by atoms with Crippen molar-refractivity contribution in [2.75, 3.05) is 7.11 Å². The molecule has 2 rings (SSSR count). The summed E-state index contributed by atoms with van der Waals surface area (Å²) >= 11 is 7.22. The molecule has 11 heteroatoms. The molecule has 5 nitrogen and oxygen atoms in total. The quantitative estimate of drug-likeness (QED) is 0.331. The van der Waals surface area contributed by atoms with Crippen molar-refractivity contribution in [2.24, 2.45) is 5.92 Å². The first-order chi connectivity index (χ1) is 15.4. The Bertz CT molecular complexity index is 1010. The molecule has 0 bridgehead atoms. The van der Waals surface area contributed by atoms with Gasteiger partial charge in [0.15, 0.2) is 0 Å². The van der Waals surface area contributed by atoms with E-state index in [1.807, 2.05) is 6.07 Å². The lowest BCUT2D eigenvalue weighted by Crippen LogP contribution is -2.28. The van der Waals surface area contributed by atoms with Crippen LogP contribution >= 0.6 is 22.9 Å². The average molecular weight is 526 g/mol. The summed E-state index contributed by atoms with van der Waals surface area (Å²) in [4.78, 5) is 13.0. The summed E-state index contributed by atoms with van der Waals surface area (Å²) in [5.74, 6) is -1.78. The molecule has 184 valence electrons. The van der Waals surface area contributed by atoms with E-state index in [1.54, 1.807) is 6.07 Å². The van der Waals surface area contributed by atoms with Crippen LogP contribution in [0, 0.1) is 5.92 Å². The summed E-state index contributed by atoms with van der Waals surface area (Å²) in [5.41, 5.74) is 0. The molecule has 2 atom stereocenters.